The number of aromatic nitrogens is 2. The average Bonchev–Trinajstić information content (AvgIpc) is 2.80. The number of nitrogen functional groups attached to an aromatic ring is 1. The molecule has 3 aromatic rings. The van der Waals surface area contributed by atoms with Crippen LogP contribution in [0.5, 0.6) is 0 Å². The fraction of sp³-hybridized carbons (Fsp3) is 0.0625. The number of hydrogen-bond acceptors (Lipinski definition) is 2. The molecule has 0 atom stereocenters. The van der Waals surface area contributed by atoms with Gasteiger partial charge in [-0.1, -0.05) is 50.1 Å². The lowest BCUT2D eigenvalue weighted by Crippen LogP contribution is -1.90. The van der Waals surface area contributed by atoms with Crippen LogP contribution in [0.2, 0.25) is 0 Å². The molecule has 0 fully saturated rings. The van der Waals surface area contributed by atoms with Gasteiger partial charge in [-0.05, 0) is 36.8 Å². The predicted octanol–water partition coefficient (Wildman–Crippen LogP) is 5.16. The molecule has 0 amide bonds. The molecule has 106 valence electrons. The molecule has 0 unspecified atom stereocenters. The summed E-state index contributed by atoms with van der Waals surface area (Å²) >= 11 is 7.12. The van der Waals surface area contributed by atoms with E-state index in [9.17, 15) is 0 Å². The second-order valence-corrected chi connectivity index (χ2v) is 6.63. The van der Waals surface area contributed by atoms with Crippen molar-refractivity contribution in [2.75, 3.05) is 5.73 Å². The van der Waals surface area contributed by atoms with Gasteiger partial charge in [-0.3, -0.25) is 5.10 Å². The van der Waals surface area contributed by atoms with Crippen LogP contribution in [0, 0.1) is 6.92 Å². The van der Waals surface area contributed by atoms with Crippen LogP contribution in [-0.2, 0) is 0 Å². The van der Waals surface area contributed by atoms with Gasteiger partial charge in [0.2, 0.25) is 0 Å². The molecule has 3 nitrogen and oxygen atoms in total. The molecule has 5 heteroatoms. The quantitative estimate of drug-likeness (QED) is 0.617. The van der Waals surface area contributed by atoms with Crippen LogP contribution in [0.15, 0.2) is 51.4 Å². The highest BCUT2D eigenvalue weighted by Gasteiger charge is 2.17. The van der Waals surface area contributed by atoms with Crippen molar-refractivity contribution in [2.24, 2.45) is 0 Å². The summed E-state index contributed by atoms with van der Waals surface area (Å²) < 4.78 is 2.02. The molecule has 0 bridgehead atoms. The Morgan fingerprint density at radius 3 is 2.57 bits per heavy atom. The average molecular weight is 407 g/mol. The van der Waals surface area contributed by atoms with Gasteiger partial charge in [0.25, 0.3) is 0 Å². The Morgan fingerprint density at radius 2 is 1.86 bits per heavy atom. The van der Waals surface area contributed by atoms with Crippen molar-refractivity contribution < 1.29 is 0 Å². The first-order valence-corrected chi connectivity index (χ1v) is 8.01. The van der Waals surface area contributed by atoms with E-state index in [1.807, 2.05) is 24.3 Å². The second kappa shape index (κ2) is 5.66. The maximum Gasteiger partial charge on any atom is 0.153 e. The Kier molecular flexibility index (Phi) is 3.87. The normalized spacial score (nSPS) is 10.8. The van der Waals surface area contributed by atoms with Gasteiger partial charge in [0.1, 0.15) is 0 Å². The van der Waals surface area contributed by atoms with Crippen LogP contribution in [0.4, 0.5) is 5.82 Å². The third kappa shape index (κ3) is 2.76. The van der Waals surface area contributed by atoms with E-state index in [-0.39, 0.29) is 0 Å². The van der Waals surface area contributed by atoms with Gasteiger partial charge in [-0.15, -0.1) is 0 Å². The highest BCUT2D eigenvalue weighted by atomic mass is 79.9. The standard InChI is InChI=1S/C16H13Br2N3/c1-9-6-10(8-11(17)7-9)15-14(16(19)21-20-15)12-4-2-3-5-13(12)18/h2-8H,1H3,(H3,19,20,21). The lowest BCUT2D eigenvalue weighted by molar-refractivity contribution is 1.10. The third-order valence-electron chi connectivity index (χ3n) is 3.27. The van der Waals surface area contributed by atoms with Crippen molar-refractivity contribution in [3.63, 3.8) is 0 Å². The number of aromatic amines is 1. The minimum atomic E-state index is 0.495. The third-order valence-corrected chi connectivity index (χ3v) is 4.42. The van der Waals surface area contributed by atoms with E-state index in [2.05, 4.69) is 67.2 Å². The summed E-state index contributed by atoms with van der Waals surface area (Å²) in [6, 6.07) is 14.2. The Hall–Kier alpha value is -1.59. The number of rotatable bonds is 2. The van der Waals surface area contributed by atoms with Crippen LogP contribution in [0.1, 0.15) is 5.56 Å². The van der Waals surface area contributed by atoms with Gasteiger partial charge in [-0.2, -0.15) is 5.10 Å². The first kappa shape index (κ1) is 14.4. The summed E-state index contributed by atoms with van der Waals surface area (Å²) in [7, 11) is 0. The van der Waals surface area contributed by atoms with Gasteiger partial charge in [-0.25, -0.2) is 0 Å². The van der Waals surface area contributed by atoms with E-state index < -0.39 is 0 Å². The van der Waals surface area contributed by atoms with Crippen molar-refractivity contribution in [3.05, 3.63) is 57.0 Å². The van der Waals surface area contributed by atoms with Crippen LogP contribution >= 0.6 is 31.9 Å². The lowest BCUT2D eigenvalue weighted by atomic mass is 10.00. The topological polar surface area (TPSA) is 54.7 Å². The zero-order valence-corrected chi connectivity index (χ0v) is 14.5. The molecule has 1 aromatic heterocycles. The van der Waals surface area contributed by atoms with E-state index >= 15 is 0 Å². The molecule has 2 aromatic carbocycles. The summed E-state index contributed by atoms with van der Waals surface area (Å²) in [5.74, 6) is 0.495. The minimum absolute atomic E-state index is 0.495. The van der Waals surface area contributed by atoms with E-state index in [0.717, 1.165) is 31.3 Å². The Labute approximate surface area is 139 Å². The zero-order chi connectivity index (χ0) is 15.0. The lowest BCUT2D eigenvalue weighted by Gasteiger charge is -2.08. The molecule has 3 rings (SSSR count). The zero-order valence-electron chi connectivity index (χ0n) is 11.3. The van der Waals surface area contributed by atoms with Gasteiger partial charge < -0.3 is 5.73 Å². The van der Waals surface area contributed by atoms with Crippen LogP contribution < -0.4 is 5.73 Å². The monoisotopic (exact) mass is 405 g/mol. The first-order valence-electron chi connectivity index (χ1n) is 6.42. The van der Waals surface area contributed by atoms with Crippen LogP contribution in [0.3, 0.4) is 0 Å². The van der Waals surface area contributed by atoms with Gasteiger partial charge in [0.15, 0.2) is 5.82 Å². The van der Waals surface area contributed by atoms with Crippen LogP contribution in [0.25, 0.3) is 22.4 Å². The molecule has 0 saturated heterocycles. The fourth-order valence-electron chi connectivity index (χ4n) is 2.38. The molecule has 0 spiro atoms. The number of anilines is 1. The minimum Gasteiger partial charge on any atom is -0.382 e. The second-order valence-electron chi connectivity index (χ2n) is 4.86. The number of nitrogens with two attached hydrogens (primary N) is 1. The number of halogens is 2. The Morgan fingerprint density at radius 1 is 1.10 bits per heavy atom. The largest absolute Gasteiger partial charge is 0.382 e. The summed E-state index contributed by atoms with van der Waals surface area (Å²) in [5, 5.41) is 7.24. The van der Waals surface area contributed by atoms with Crippen molar-refractivity contribution in [1.82, 2.24) is 10.2 Å². The molecular formula is C16H13Br2N3. The Bertz CT molecular complexity index is 789. The van der Waals surface area contributed by atoms with Crippen molar-refractivity contribution in [3.8, 4) is 22.4 Å². The summed E-state index contributed by atoms with van der Waals surface area (Å²) in [5.41, 5.74) is 11.2. The molecule has 0 saturated carbocycles. The van der Waals surface area contributed by atoms with Gasteiger partial charge in [0.05, 0.1) is 11.3 Å². The van der Waals surface area contributed by atoms with E-state index in [1.54, 1.807) is 0 Å². The SMILES string of the molecule is Cc1cc(Br)cc(-c2[nH]nc(N)c2-c2ccccc2Br)c1. The number of aryl methyl sites for hydroxylation is 1. The van der Waals surface area contributed by atoms with E-state index in [0.29, 0.717) is 5.82 Å². The van der Waals surface area contributed by atoms with Crippen molar-refractivity contribution >= 4 is 37.7 Å². The number of nitrogens with one attached hydrogen (secondary N) is 1. The maximum absolute atomic E-state index is 6.08. The predicted molar refractivity (Wildman–Crippen MR) is 94.0 cm³/mol. The highest BCUT2D eigenvalue weighted by molar-refractivity contribution is 9.10. The number of benzene rings is 2. The molecular weight excluding hydrogens is 394 g/mol. The summed E-state index contributed by atoms with van der Waals surface area (Å²) in [6.45, 7) is 2.06. The molecule has 0 aliphatic heterocycles. The molecule has 3 N–H and O–H groups in total. The summed E-state index contributed by atoms with van der Waals surface area (Å²) in [4.78, 5) is 0. The van der Waals surface area contributed by atoms with Gasteiger partial charge >= 0.3 is 0 Å². The molecule has 0 aliphatic rings. The Balaban J connectivity index is 2.24. The van der Waals surface area contributed by atoms with E-state index in [4.69, 9.17) is 5.73 Å². The fourth-order valence-corrected chi connectivity index (χ4v) is 3.47. The highest BCUT2D eigenvalue weighted by Crippen LogP contribution is 2.39. The molecule has 0 radical (unpaired) electrons. The molecule has 0 aliphatic carbocycles. The van der Waals surface area contributed by atoms with Crippen molar-refractivity contribution in [2.45, 2.75) is 6.92 Å². The van der Waals surface area contributed by atoms with E-state index in [1.165, 1.54) is 5.56 Å². The molecule has 21 heavy (non-hydrogen) atoms. The van der Waals surface area contributed by atoms with Crippen molar-refractivity contribution in [1.29, 1.82) is 0 Å². The van der Waals surface area contributed by atoms with Crippen LogP contribution in [-0.4, -0.2) is 10.2 Å². The number of hydrogen-bond donors (Lipinski definition) is 2. The summed E-state index contributed by atoms with van der Waals surface area (Å²) in [6.07, 6.45) is 0. The molecule has 1 heterocycles. The first-order chi connectivity index (χ1) is 10.1. The number of nitrogens with zero attached hydrogens (tertiary/aromatic N) is 1. The number of H-pyrrole nitrogens is 1. The smallest absolute Gasteiger partial charge is 0.153 e. The van der Waals surface area contributed by atoms with Gasteiger partial charge in [0, 0.05) is 20.1 Å². The maximum atomic E-state index is 6.08.